The summed E-state index contributed by atoms with van der Waals surface area (Å²) in [6, 6.07) is 6.33. The molecule has 0 saturated heterocycles. The van der Waals surface area contributed by atoms with Crippen LogP contribution in [0.2, 0.25) is 10.0 Å². The molecule has 12 heteroatoms. The summed E-state index contributed by atoms with van der Waals surface area (Å²) in [6.07, 6.45) is -2.96. The van der Waals surface area contributed by atoms with Gasteiger partial charge in [-0.05, 0) is 61.7 Å². The number of aliphatic imine (C=N–C) groups is 1. The van der Waals surface area contributed by atoms with Gasteiger partial charge in [0.15, 0.2) is 0 Å². The van der Waals surface area contributed by atoms with E-state index < -0.39 is 44.3 Å². The fraction of sp³-hybridized carbons (Fsp3) is 0.238. The Hall–Kier alpha value is -2.43. The molecule has 0 fully saturated rings. The molecule has 33 heavy (non-hydrogen) atoms. The highest BCUT2D eigenvalue weighted by molar-refractivity contribution is 7.90. The molecule has 1 amide bonds. The molecule has 1 N–H and O–H groups in total. The largest absolute Gasteiger partial charge is 0.416 e. The molecular formula is C21H16Cl2F4N2O3S. The van der Waals surface area contributed by atoms with E-state index in [2.05, 4.69) is 4.99 Å². The number of hydrogen-bond acceptors (Lipinski definition) is 4. The number of hydrogen-bond donors (Lipinski definition) is 1. The number of nitrogens with zero attached hydrogens (tertiary/aromatic N) is 1. The molecule has 1 aliphatic heterocycles. The average molecular weight is 523 g/mol. The van der Waals surface area contributed by atoms with Crippen LogP contribution in [0.1, 0.15) is 24.5 Å². The average Bonchev–Trinajstić information content (AvgIpc) is 3.05. The summed E-state index contributed by atoms with van der Waals surface area (Å²) in [6.45, 7) is 1.59. The van der Waals surface area contributed by atoms with E-state index in [0.717, 1.165) is 12.1 Å². The lowest BCUT2D eigenvalue weighted by atomic mass is 9.95. The minimum absolute atomic E-state index is 0.0807. The molecule has 1 aliphatic rings. The van der Waals surface area contributed by atoms with Crippen LogP contribution in [0.4, 0.5) is 17.6 Å². The van der Waals surface area contributed by atoms with Crippen LogP contribution in [0.5, 0.6) is 0 Å². The number of sulfonamides is 1. The van der Waals surface area contributed by atoms with Crippen LogP contribution in [0, 0.1) is 11.7 Å². The first-order valence-electron chi connectivity index (χ1n) is 9.43. The van der Waals surface area contributed by atoms with Crippen LogP contribution < -0.4 is 4.72 Å². The summed E-state index contributed by atoms with van der Waals surface area (Å²) in [5, 5.41) is -0.344. The maximum Gasteiger partial charge on any atom is 0.416 e. The molecule has 0 aliphatic carbocycles. The van der Waals surface area contributed by atoms with Crippen LogP contribution in [0.25, 0.3) is 0 Å². The van der Waals surface area contributed by atoms with Crippen LogP contribution in [0.3, 0.4) is 0 Å². The van der Waals surface area contributed by atoms with Gasteiger partial charge in [-0.15, -0.1) is 0 Å². The molecule has 2 aromatic carbocycles. The van der Waals surface area contributed by atoms with Gasteiger partial charge in [0.05, 0.1) is 15.6 Å². The van der Waals surface area contributed by atoms with E-state index in [4.69, 9.17) is 23.2 Å². The fourth-order valence-corrected chi connectivity index (χ4v) is 5.39. The van der Waals surface area contributed by atoms with Crippen LogP contribution in [0.15, 0.2) is 58.1 Å². The molecule has 0 radical (unpaired) electrons. The van der Waals surface area contributed by atoms with Crippen molar-refractivity contribution in [1.29, 1.82) is 0 Å². The zero-order valence-corrected chi connectivity index (χ0v) is 19.2. The van der Waals surface area contributed by atoms with Crippen molar-refractivity contribution in [2.75, 3.05) is 0 Å². The van der Waals surface area contributed by atoms with Crippen molar-refractivity contribution in [3.8, 4) is 0 Å². The maximum absolute atomic E-state index is 13.6. The summed E-state index contributed by atoms with van der Waals surface area (Å²) in [7, 11) is -4.39. The smallest absolute Gasteiger partial charge is 0.266 e. The second-order valence-electron chi connectivity index (χ2n) is 7.28. The van der Waals surface area contributed by atoms with Crippen LogP contribution in [-0.2, 0) is 27.4 Å². The SMILES string of the molecule is CC1=NC(C(=O)NS(=O)(=O)c2c(Cl)cccc2Cl)=CC1CCc1cc(F)cc(C(F)(F)F)c1. The van der Waals surface area contributed by atoms with Gasteiger partial charge in [0.25, 0.3) is 15.9 Å². The normalized spacial score (nSPS) is 16.4. The first-order chi connectivity index (χ1) is 15.3. The van der Waals surface area contributed by atoms with Gasteiger partial charge in [-0.1, -0.05) is 29.3 Å². The number of aryl methyl sites for hydroxylation is 1. The van der Waals surface area contributed by atoms with E-state index in [0.29, 0.717) is 11.8 Å². The third-order valence-corrected chi connectivity index (χ3v) is 7.15. The van der Waals surface area contributed by atoms with Gasteiger partial charge in [0.1, 0.15) is 16.4 Å². The van der Waals surface area contributed by atoms with E-state index in [1.54, 1.807) is 6.92 Å². The highest BCUT2D eigenvalue weighted by Crippen LogP contribution is 2.32. The Labute approximate surface area is 197 Å². The number of carbonyl (C=O) groups is 1. The second kappa shape index (κ2) is 9.44. The summed E-state index contributed by atoms with van der Waals surface area (Å²) < 4.78 is 79.2. The van der Waals surface area contributed by atoms with E-state index in [9.17, 15) is 30.8 Å². The standard InChI is InChI=1S/C21H16Cl2F4N2O3S/c1-11-13(6-5-12-7-14(21(25,26)27)10-15(24)8-12)9-18(28-11)20(30)29-33(31,32)19-16(22)3-2-4-17(19)23/h2-4,7-10,13H,5-6H2,1H3,(H,29,30). The third-order valence-electron chi connectivity index (χ3n) is 4.87. The van der Waals surface area contributed by atoms with Crippen molar-refractivity contribution < 1.29 is 30.8 Å². The number of halogens is 6. The van der Waals surface area contributed by atoms with Gasteiger partial charge >= 0.3 is 6.18 Å². The Morgan fingerprint density at radius 2 is 1.79 bits per heavy atom. The monoisotopic (exact) mass is 522 g/mol. The number of carbonyl (C=O) groups excluding carboxylic acids is 1. The molecular weight excluding hydrogens is 507 g/mol. The molecule has 1 heterocycles. The molecule has 0 spiro atoms. The summed E-state index contributed by atoms with van der Waals surface area (Å²) in [5.74, 6) is -2.47. The van der Waals surface area contributed by atoms with Crippen LogP contribution >= 0.6 is 23.2 Å². The maximum atomic E-state index is 13.6. The lowest BCUT2D eigenvalue weighted by Crippen LogP contribution is -2.31. The second-order valence-corrected chi connectivity index (χ2v) is 9.72. The van der Waals surface area contributed by atoms with Crippen molar-refractivity contribution in [1.82, 2.24) is 4.72 Å². The van der Waals surface area contributed by atoms with Gasteiger partial charge < -0.3 is 0 Å². The van der Waals surface area contributed by atoms with E-state index >= 15 is 0 Å². The van der Waals surface area contributed by atoms with Crippen molar-refractivity contribution in [2.24, 2.45) is 10.9 Å². The van der Waals surface area contributed by atoms with Crippen molar-refractivity contribution in [3.05, 3.63) is 75.2 Å². The first-order valence-corrected chi connectivity index (χ1v) is 11.7. The van der Waals surface area contributed by atoms with Crippen molar-refractivity contribution in [3.63, 3.8) is 0 Å². The molecule has 0 saturated carbocycles. The van der Waals surface area contributed by atoms with E-state index in [1.807, 2.05) is 4.72 Å². The fourth-order valence-electron chi connectivity index (χ4n) is 3.29. The number of amides is 1. The Morgan fingerprint density at radius 1 is 1.15 bits per heavy atom. The van der Waals surface area contributed by atoms with E-state index in [-0.39, 0.29) is 34.1 Å². The Morgan fingerprint density at radius 3 is 2.39 bits per heavy atom. The predicted octanol–water partition coefficient (Wildman–Crippen LogP) is 5.56. The zero-order valence-electron chi connectivity index (χ0n) is 16.9. The number of alkyl halides is 3. The quantitative estimate of drug-likeness (QED) is 0.504. The summed E-state index contributed by atoms with van der Waals surface area (Å²) in [5.41, 5.74) is -0.675. The van der Waals surface area contributed by atoms with Gasteiger partial charge in [-0.2, -0.15) is 13.2 Å². The van der Waals surface area contributed by atoms with E-state index in [1.165, 1.54) is 24.3 Å². The molecule has 2 aromatic rings. The number of allylic oxidation sites excluding steroid dienone is 1. The molecule has 0 aromatic heterocycles. The van der Waals surface area contributed by atoms with Gasteiger partial charge in [0, 0.05) is 11.6 Å². The van der Waals surface area contributed by atoms with Gasteiger partial charge in [0.2, 0.25) is 0 Å². The molecule has 0 bridgehead atoms. The highest BCUT2D eigenvalue weighted by Gasteiger charge is 2.32. The lowest BCUT2D eigenvalue weighted by molar-refractivity contribution is -0.137. The predicted molar refractivity (Wildman–Crippen MR) is 116 cm³/mol. The number of rotatable bonds is 6. The number of nitrogens with one attached hydrogen (secondary N) is 1. The third kappa shape index (κ3) is 5.93. The number of benzene rings is 2. The zero-order chi connectivity index (χ0) is 24.6. The van der Waals surface area contributed by atoms with Crippen molar-refractivity contribution >= 4 is 44.8 Å². The van der Waals surface area contributed by atoms with Gasteiger partial charge in [-0.3, -0.25) is 9.79 Å². The van der Waals surface area contributed by atoms with Crippen molar-refractivity contribution in [2.45, 2.75) is 30.8 Å². The molecule has 1 unspecified atom stereocenters. The molecule has 176 valence electrons. The summed E-state index contributed by atoms with van der Waals surface area (Å²) >= 11 is 11.8. The Balaban J connectivity index is 1.73. The molecule has 1 atom stereocenters. The minimum atomic E-state index is -4.68. The Bertz CT molecular complexity index is 1250. The Kier molecular flexibility index (Phi) is 7.21. The topological polar surface area (TPSA) is 75.6 Å². The molecule has 3 rings (SSSR count). The minimum Gasteiger partial charge on any atom is -0.266 e. The van der Waals surface area contributed by atoms with Gasteiger partial charge in [-0.25, -0.2) is 17.5 Å². The van der Waals surface area contributed by atoms with Crippen LogP contribution in [-0.4, -0.2) is 20.0 Å². The molecule has 5 nitrogen and oxygen atoms in total. The summed E-state index contributed by atoms with van der Waals surface area (Å²) in [4.78, 5) is 16.1. The first kappa shape index (κ1) is 25.2. The highest BCUT2D eigenvalue weighted by atomic mass is 35.5. The lowest BCUT2D eigenvalue weighted by Gasteiger charge is -2.11.